The first-order valence-corrected chi connectivity index (χ1v) is 6.25. The minimum Gasteiger partial charge on any atom is -0.388 e. The lowest BCUT2D eigenvalue weighted by Crippen LogP contribution is -2.12. The van der Waals surface area contributed by atoms with Crippen LogP contribution in [0.4, 0.5) is 10.1 Å². The summed E-state index contributed by atoms with van der Waals surface area (Å²) < 4.78 is 12.8. The number of benzene rings is 1. The Morgan fingerprint density at radius 2 is 1.95 bits per heavy atom. The summed E-state index contributed by atoms with van der Waals surface area (Å²) in [6, 6.07) is 10.1. The Morgan fingerprint density at radius 3 is 2.47 bits per heavy atom. The molecule has 0 radical (unpaired) electrons. The summed E-state index contributed by atoms with van der Waals surface area (Å²) in [6.07, 6.45) is 1.68. The van der Waals surface area contributed by atoms with Crippen molar-refractivity contribution < 1.29 is 4.39 Å². The van der Waals surface area contributed by atoms with Crippen LogP contribution in [0.5, 0.6) is 0 Å². The number of thiocarbonyl (C=S) groups is 1. The number of halogens is 1. The highest BCUT2D eigenvalue weighted by Gasteiger charge is 2.06. The Labute approximate surface area is 116 Å². The van der Waals surface area contributed by atoms with E-state index in [0.29, 0.717) is 5.69 Å². The van der Waals surface area contributed by atoms with Crippen molar-refractivity contribution in [3.05, 3.63) is 59.7 Å². The fourth-order valence-corrected chi connectivity index (χ4v) is 1.83. The highest BCUT2D eigenvalue weighted by molar-refractivity contribution is 7.80. The molecule has 0 saturated heterocycles. The average Bonchev–Trinajstić information content (AvgIpc) is 2.40. The van der Waals surface area contributed by atoms with Gasteiger partial charge in [0.15, 0.2) is 0 Å². The molecule has 0 bridgehead atoms. The highest BCUT2D eigenvalue weighted by atomic mass is 32.1. The molecular formula is C14H14FN3S. The van der Waals surface area contributed by atoms with Crippen LogP contribution in [-0.2, 0) is 0 Å². The topological polar surface area (TPSA) is 50.9 Å². The minimum atomic E-state index is -0.238. The highest BCUT2D eigenvalue weighted by Crippen LogP contribution is 2.19. The van der Waals surface area contributed by atoms with Crippen LogP contribution in [0.3, 0.4) is 0 Å². The van der Waals surface area contributed by atoms with Gasteiger partial charge in [0.2, 0.25) is 0 Å². The van der Waals surface area contributed by atoms with Crippen molar-refractivity contribution in [2.75, 3.05) is 5.32 Å². The van der Waals surface area contributed by atoms with Crippen LogP contribution in [0, 0.1) is 5.82 Å². The molecule has 1 atom stereocenters. The van der Waals surface area contributed by atoms with Crippen LogP contribution < -0.4 is 11.1 Å². The Bertz CT molecular complexity index is 566. The molecule has 3 nitrogen and oxygen atoms in total. The van der Waals surface area contributed by atoms with E-state index < -0.39 is 0 Å². The molecule has 0 fully saturated rings. The molecule has 0 aliphatic heterocycles. The van der Waals surface area contributed by atoms with E-state index in [0.717, 1.165) is 11.3 Å². The summed E-state index contributed by atoms with van der Waals surface area (Å²) in [5, 5.41) is 3.27. The fourth-order valence-electron chi connectivity index (χ4n) is 1.71. The van der Waals surface area contributed by atoms with Gasteiger partial charge in [-0.1, -0.05) is 24.4 Å². The van der Waals surface area contributed by atoms with E-state index in [-0.39, 0.29) is 16.8 Å². The molecule has 2 aromatic rings. The van der Waals surface area contributed by atoms with Crippen molar-refractivity contribution in [3.8, 4) is 0 Å². The lowest BCUT2D eigenvalue weighted by Gasteiger charge is -2.15. The number of nitrogens with zero attached hydrogens (tertiary/aromatic N) is 1. The monoisotopic (exact) mass is 275 g/mol. The van der Waals surface area contributed by atoms with Crippen molar-refractivity contribution in [2.24, 2.45) is 5.73 Å². The maximum Gasteiger partial charge on any atom is 0.123 e. The second-order valence-electron chi connectivity index (χ2n) is 4.21. The fraction of sp³-hybridized carbons (Fsp3) is 0.143. The van der Waals surface area contributed by atoms with E-state index >= 15 is 0 Å². The zero-order valence-electron chi connectivity index (χ0n) is 10.4. The van der Waals surface area contributed by atoms with Gasteiger partial charge in [0, 0.05) is 6.04 Å². The molecule has 1 heterocycles. The normalized spacial score (nSPS) is 11.9. The predicted octanol–water partition coefficient (Wildman–Crippen LogP) is 3.03. The number of nitrogens with two attached hydrogens (primary N) is 1. The molecule has 3 N–H and O–H groups in total. The van der Waals surface area contributed by atoms with E-state index in [1.54, 1.807) is 24.4 Å². The SMILES string of the molecule is CC(Nc1ccc(C(N)=S)nc1)c1ccc(F)cc1. The van der Waals surface area contributed by atoms with Crippen LogP contribution >= 0.6 is 12.2 Å². The molecule has 5 heteroatoms. The van der Waals surface area contributed by atoms with Gasteiger partial charge in [-0.3, -0.25) is 4.98 Å². The smallest absolute Gasteiger partial charge is 0.123 e. The first-order valence-electron chi connectivity index (χ1n) is 5.84. The van der Waals surface area contributed by atoms with Gasteiger partial charge in [0.05, 0.1) is 17.6 Å². The Hall–Kier alpha value is -2.01. The Kier molecular flexibility index (Phi) is 4.06. The van der Waals surface area contributed by atoms with Gasteiger partial charge in [-0.15, -0.1) is 0 Å². The van der Waals surface area contributed by atoms with Gasteiger partial charge in [-0.25, -0.2) is 4.39 Å². The second-order valence-corrected chi connectivity index (χ2v) is 4.65. The molecule has 0 spiro atoms. The summed E-state index contributed by atoms with van der Waals surface area (Å²) in [4.78, 5) is 4.43. The third-order valence-electron chi connectivity index (χ3n) is 2.77. The number of hydrogen-bond acceptors (Lipinski definition) is 3. The van der Waals surface area contributed by atoms with Crippen LogP contribution in [0.15, 0.2) is 42.6 Å². The van der Waals surface area contributed by atoms with Crippen molar-refractivity contribution in [1.82, 2.24) is 4.98 Å². The molecule has 98 valence electrons. The molecule has 1 aromatic carbocycles. The molecule has 2 rings (SSSR count). The lowest BCUT2D eigenvalue weighted by atomic mass is 10.1. The predicted molar refractivity (Wildman–Crippen MR) is 78.6 cm³/mol. The number of rotatable bonds is 4. The maximum atomic E-state index is 12.8. The van der Waals surface area contributed by atoms with Crippen molar-refractivity contribution in [2.45, 2.75) is 13.0 Å². The van der Waals surface area contributed by atoms with Gasteiger partial charge in [-0.05, 0) is 36.8 Å². The molecular weight excluding hydrogens is 261 g/mol. The van der Waals surface area contributed by atoms with E-state index in [4.69, 9.17) is 18.0 Å². The van der Waals surface area contributed by atoms with E-state index in [1.807, 2.05) is 13.0 Å². The van der Waals surface area contributed by atoms with Crippen molar-refractivity contribution in [1.29, 1.82) is 0 Å². The first-order chi connectivity index (χ1) is 9.06. The molecule has 0 aliphatic carbocycles. The third-order valence-corrected chi connectivity index (χ3v) is 2.98. The molecule has 0 saturated carbocycles. The summed E-state index contributed by atoms with van der Waals surface area (Å²) in [5.74, 6) is -0.238. The second kappa shape index (κ2) is 5.75. The average molecular weight is 275 g/mol. The molecule has 1 unspecified atom stereocenters. The summed E-state index contributed by atoms with van der Waals surface area (Å²) in [7, 11) is 0. The molecule has 0 aliphatic rings. The minimum absolute atomic E-state index is 0.0538. The van der Waals surface area contributed by atoms with Gasteiger partial charge < -0.3 is 11.1 Å². The quantitative estimate of drug-likeness (QED) is 0.842. The molecule has 1 aromatic heterocycles. The van der Waals surface area contributed by atoms with Crippen molar-refractivity contribution >= 4 is 22.9 Å². The van der Waals surface area contributed by atoms with Crippen molar-refractivity contribution in [3.63, 3.8) is 0 Å². The number of aromatic nitrogens is 1. The molecule has 19 heavy (non-hydrogen) atoms. The standard InChI is InChI=1S/C14H14FN3S/c1-9(10-2-4-11(15)5-3-10)18-12-6-7-13(14(16)19)17-8-12/h2-9,18H,1H3,(H2,16,19). The molecule has 0 amide bonds. The Morgan fingerprint density at radius 1 is 1.26 bits per heavy atom. The number of hydrogen-bond donors (Lipinski definition) is 2. The van der Waals surface area contributed by atoms with Gasteiger partial charge >= 0.3 is 0 Å². The number of nitrogens with one attached hydrogen (secondary N) is 1. The van der Waals surface area contributed by atoms with Crippen LogP contribution in [0.25, 0.3) is 0 Å². The zero-order chi connectivity index (χ0) is 13.8. The van der Waals surface area contributed by atoms with Crippen LogP contribution in [-0.4, -0.2) is 9.97 Å². The van der Waals surface area contributed by atoms with Crippen LogP contribution in [0.1, 0.15) is 24.2 Å². The number of anilines is 1. The van der Waals surface area contributed by atoms with E-state index in [2.05, 4.69) is 10.3 Å². The maximum absolute atomic E-state index is 12.8. The largest absolute Gasteiger partial charge is 0.388 e. The first kappa shape index (κ1) is 13.4. The summed E-state index contributed by atoms with van der Waals surface area (Å²) >= 11 is 4.84. The number of pyridine rings is 1. The van der Waals surface area contributed by atoms with E-state index in [1.165, 1.54) is 12.1 Å². The zero-order valence-corrected chi connectivity index (χ0v) is 11.2. The van der Waals surface area contributed by atoms with E-state index in [9.17, 15) is 4.39 Å². The summed E-state index contributed by atoms with van der Waals surface area (Å²) in [5.41, 5.74) is 7.93. The third kappa shape index (κ3) is 3.48. The lowest BCUT2D eigenvalue weighted by molar-refractivity contribution is 0.626. The van der Waals surface area contributed by atoms with Crippen LogP contribution in [0.2, 0.25) is 0 Å². The van der Waals surface area contributed by atoms with Gasteiger partial charge in [-0.2, -0.15) is 0 Å². The Balaban J connectivity index is 2.08. The van der Waals surface area contributed by atoms with Gasteiger partial charge in [0.1, 0.15) is 10.8 Å². The van der Waals surface area contributed by atoms with Gasteiger partial charge in [0.25, 0.3) is 0 Å². The summed E-state index contributed by atoms with van der Waals surface area (Å²) in [6.45, 7) is 1.99.